The summed E-state index contributed by atoms with van der Waals surface area (Å²) in [5.74, 6) is -0.219. The van der Waals surface area contributed by atoms with E-state index in [1.807, 2.05) is 6.92 Å². The van der Waals surface area contributed by atoms with Gasteiger partial charge in [0.05, 0.1) is 11.3 Å². The summed E-state index contributed by atoms with van der Waals surface area (Å²) in [6.07, 6.45) is 1.14. The Bertz CT molecular complexity index is 818. The van der Waals surface area contributed by atoms with Gasteiger partial charge in [0.25, 0.3) is 0 Å². The summed E-state index contributed by atoms with van der Waals surface area (Å²) in [7, 11) is 0. The Balaban J connectivity index is 2.41. The molecule has 1 aliphatic rings. The predicted molar refractivity (Wildman–Crippen MR) is 81.7 cm³/mol. The van der Waals surface area contributed by atoms with Crippen LogP contribution < -0.4 is 10.4 Å². The van der Waals surface area contributed by atoms with Crippen LogP contribution in [-0.4, -0.2) is 17.0 Å². The van der Waals surface area contributed by atoms with E-state index in [1.165, 1.54) is 12.1 Å². The minimum absolute atomic E-state index is 0.0319. The van der Waals surface area contributed by atoms with Gasteiger partial charge < -0.3 is 14.3 Å². The lowest BCUT2D eigenvalue weighted by Gasteiger charge is -2.28. The van der Waals surface area contributed by atoms with E-state index < -0.39 is 5.63 Å². The van der Waals surface area contributed by atoms with Gasteiger partial charge in [-0.3, -0.25) is 4.79 Å². The molecule has 1 aliphatic heterocycles. The number of rotatable bonds is 2. The van der Waals surface area contributed by atoms with E-state index in [0.29, 0.717) is 17.4 Å². The summed E-state index contributed by atoms with van der Waals surface area (Å²) < 4.78 is 11.0. The van der Waals surface area contributed by atoms with Gasteiger partial charge in [-0.25, -0.2) is 4.79 Å². The van der Waals surface area contributed by atoms with Crippen molar-refractivity contribution in [3.05, 3.63) is 33.7 Å². The Morgan fingerprint density at radius 1 is 1.23 bits per heavy atom. The highest BCUT2D eigenvalue weighted by molar-refractivity contribution is 6.12. The lowest BCUT2D eigenvalue weighted by Crippen LogP contribution is -2.33. The zero-order chi connectivity index (χ0) is 16.0. The summed E-state index contributed by atoms with van der Waals surface area (Å²) in [4.78, 5) is 24.4. The van der Waals surface area contributed by atoms with Crippen LogP contribution in [0.25, 0.3) is 11.0 Å². The first-order valence-corrected chi connectivity index (χ1v) is 7.47. The third kappa shape index (κ3) is 2.08. The van der Waals surface area contributed by atoms with Gasteiger partial charge in [0.1, 0.15) is 23.2 Å². The van der Waals surface area contributed by atoms with Crippen molar-refractivity contribution in [3.8, 4) is 11.5 Å². The predicted octanol–water partition coefficient (Wildman–Crippen LogP) is 3.05. The molecule has 22 heavy (non-hydrogen) atoms. The first-order valence-electron chi connectivity index (χ1n) is 7.47. The molecule has 3 rings (SSSR count). The lowest BCUT2D eigenvalue weighted by molar-refractivity contribution is 0.0731. The van der Waals surface area contributed by atoms with Gasteiger partial charge in [-0.1, -0.05) is 20.3 Å². The van der Waals surface area contributed by atoms with Crippen LogP contribution in [-0.2, 0) is 6.42 Å². The molecule has 0 aliphatic carbocycles. The van der Waals surface area contributed by atoms with Gasteiger partial charge in [-0.2, -0.15) is 0 Å². The first-order chi connectivity index (χ1) is 10.4. The second kappa shape index (κ2) is 5.16. The quantitative estimate of drug-likeness (QED) is 0.863. The number of carbonyl (C=O) groups excluding carboxylic acids is 1. The largest absolute Gasteiger partial charge is 0.507 e. The number of hydrogen-bond acceptors (Lipinski definition) is 5. The van der Waals surface area contributed by atoms with Crippen LogP contribution in [0.3, 0.4) is 0 Å². The van der Waals surface area contributed by atoms with Gasteiger partial charge in [0.15, 0.2) is 11.4 Å². The minimum Gasteiger partial charge on any atom is -0.507 e. The number of benzene rings is 1. The number of aryl methyl sites for hydroxylation is 1. The molecule has 0 bridgehead atoms. The lowest BCUT2D eigenvalue weighted by atomic mass is 9.89. The molecule has 0 radical (unpaired) electrons. The van der Waals surface area contributed by atoms with E-state index in [9.17, 15) is 14.7 Å². The number of phenols is 1. The van der Waals surface area contributed by atoms with E-state index in [1.54, 1.807) is 13.8 Å². The maximum atomic E-state index is 12.6. The van der Waals surface area contributed by atoms with Crippen molar-refractivity contribution in [2.75, 3.05) is 0 Å². The normalized spacial score (nSPS) is 20.8. The Labute approximate surface area is 127 Å². The SMILES string of the molecule is CCCc1cc(=O)oc2c3c(cc(O)c12)O[C@H](C)[C@@H](C)C3=O. The molecule has 2 heterocycles. The second-order valence-electron chi connectivity index (χ2n) is 5.79. The molecule has 0 saturated carbocycles. The average molecular weight is 302 g/mol. The van der Waals surface area contributed by atoms with E-state index in [2.05, 4.69) is 0 Å². The van der Waals surface area contributed by atoms with E-state index in [0.717, 1.165) is 6.42 Å². The molecule has 0 saturated heterocycles. The van der Waals surface area contributed by atoms with Gasteiger partial charge in [-0.05, 0) is 18.9 Å². The summed E-state index contributed by atoms with van der Waals surface area (Å²) in [6, 6.07) is 2.81. The molecule has 1 N–H and O–H groups in total. The van der Waals surface area contributed by atoms with Crippen molar-refractivity contribution >= 4 is 16.8 Å². The molecule has 0 amide bonds. The van der Waals surface area contributed by atoms with Crippen molar-refractivity contribution < 1.29 is 19.1 Å². The summed E-state index contributed by atoms with van der Waals surface area (Å²) >= 11 is 0. The van der Waals surface area contributed by atoms with Crippen molar-refractivity contribution in [1.82, 2.24) is 0 Å². The van der Waals surface area contributed by atoms with Crippen molar-refractivity contribution in [2.24, 2.45) is 5.92 Å². The van der Waals surface area contributed by atoms with Crippen LogP contribution in [0.2, 0.25) is 0 Å². The maximum absolute atomic E-state index is 12.6. The fraction of sp³-hybridized carbons (Fsp3) is 0.412. The number of Topliss-reactive ketones (excluding diaryl/α,β-unsaturated/α-hetero) is 1. The van der Waals surface area contributed by atoms with Crippen molar-refractivity contribution in [1.29, 1.82) is 0 Å². The maximum Gasteiger partial charge on any atom is 0.336 e. The fourth-order valence-electron chi connectivity index (χ4n) is 2.91. The van der Waals surface area contributed by atoms with E-state index in [4.69, 9.17) is 9.15 Å². The smallest absolute Gasteiger partial charge is 0.336 e. The molecule has 0 fully saturated rings. The van der Waals surface area contributed by atoms with Crippen molar-refractivity contribution in [2.45, 2.75) is 39.7 Å². The molecule has 1 aromatic carbocycles. The van der Waals surface area contributed by atoms with Crippen LogP contribution >= 0.6 is 0 Å². The molecular weight excluding hydrogens is 284 g/mol. The van der Waals surface area contributed by atoms with Gasteiger partial charge in [-0.15, -0.1) is 0 Å². The zero-order valence-electron chi connectivity index (χ0n) is 12.8. The molecule has 116 valence electrons. The Hall–Kier alpha value is -2.30. The number of phenolic OH excluding ortho intramolecular Hbond substituents is 1. The zero-order valence-corrected chi connectivity index (χ0v) is 12.8. The Kier molecular flexibility index (Phi) is 3.43. The third-order valence-electron chi connectivity index (χ3n) is 4.24. The first kappa shape index (κ1) is 14.6. The summed E-state index contributed by atoms with van der Waals surface area (Å²) in [5.41, 5.74) is 0.555. The monoisotopic (exact) mass is 302 g/mol. The number of ketones is 1. The van der Waals surface area contributed by atoms with Crippen molar-refractivity contribution in [3.63, 3.8) is 0 Å². The van der Waals surface area contributed by atoms with Crippen LogP contribution in [0.1, 0.15) is 43.1 Å². The third-order valence-corrected chi connectivity index (χ3v) is 4.24. The number of fused-ring (bicyclic) bond motifs is 3. The number of ether oxygens (including phenoxy) is 1. The molecule has 2 atom stereocenters. The van der Waals surface area contributed by atoms with Crippen LogP contribution in [0.15, 0.2) is 21.3 Å². The van der Waals surface area contributed by atoms with Crippen LogP contribution in [0.5, 0.6) is 11.5 Å². The van der Waals surface area contributed by atoms with E-state index in [-0.39, 0.29) is 40.5 Å². The fourth-order valence-corrected chi connectivity index (χ4v) is 2.91. The molecule has 5 heteroatoms. The average Bonchev–Trinajstić information content (AvgIpc) is 2.44. The molecule has 1 aromatic heterocycles. The Morgan fingerprint density at radius 3 is 2.64 bits per heavy atom. The van der Waals surface area contributed by atoms with Gasteiger partial charge in [0.2, 0.25) is 0 Å². The molecule has 0 unspecified atom stereocenters. The summed E-state index contributed by atoms with van der Waals surface area (Å²) in [5, 5.41) is 10.7. The standard InChI is InChI=1S/C17H18O5/c1-4-5-10-6-13(19)22-17-14(10)11(18)7-12-15(17)16(20)8(2)9(3)21-12/h6-9,18H,4-5H2,1-3H3/t8-,9-/m1/s1. The van der Waals surface area contributed by atoms with Gasteiger partial charge in [0, 0.05) is 12.1 Å². The van der Waals surface area contributed by atoms with Crippen LogP contribution in [0, 0.1) is 5.92 Å². The number of carbonyl (C=O) groups is 1. The highest BCUT2D eigenvalue weighted by Crippen LogP contribution is 2.41. The van der Waals surface area contributed by atoms with Crippen LogP contribution in [0.4, 0.5) is 0 Å². The molecule has 5 nitrogen and oxygen atoms in total. The highest BCUT2D eigenvalue weighted by atomic mass is 16.5. The summed E-state index contributed by atoms with van der Waals surface area (Å²) in [6.45, 7) is 5.56. The highest BCUT2D eigenvalue weighted by Gasteiger charge is 2.35. The van der Waals surface area contributed by atoms with Gasteiger partial charge >= 0.3 is 5.63 Å². The number of aromatic hydroxyl groups is 1. The Morgan fingerprint density at radius 2 is 1.95 bits per heavy atom. The number of hydrogen-bond donors (Lipinski definition) is 1. The molecule has 0 spiro atoms. The molecular formula is C17H18O5. The second-order valence-corrected chi connectivity index (χ2v) is 5.79. The molecule has 2 aromatic rings. The van der Waals surface area contributed by atoms with E-state index >= 15 is 0 Å². The topological polar surface area (TPSA) is 76.7 Å². The minimum atomic E-state index is -0.525.